The molecule has 1 fully saturated rings. The largest absolute Gasteiger partial charge is 0.394 e. The van der Waals surface area contributed by atoms with E-state index in [1.807, 2.05) is 0 Å². The van der Waals surface area contributed by atoms with E-state index < -0.39 is 5.54 Å². The van der Waals surface area contributed by atoms with Crippen molar-refractivity contribution in [1.82, 2.24) is 0 Å². The molecule has 116 valence electrons. The summed E-state index contributed by atoms with van der Waals surface area (Å²) in [5, 5.41) is 27.3. The van der Waals surface area contributed by atoms with Gasteiger partial charge in [0, 0.05) is 7.05 Å². The summed E-state index contributed by atoms with van der Waals surface area (Å²) in [6.07, 6.45) is 3.82. The van der Waals surface area contributed by atoms with Gasteiger partial charge in [-0.3, -0.25) is 10.1 Å². The van der Waals surface area contributed by atoms with Gasteiger partial charge in [-0.15, -0.1) is 0 Å². The maximum Gasteiger partial charge on any atom is 0.315 e. The zero-order valence-electron chi connectivity index (χ0n) is 12.6. The van der Waals surface area contributed by atoms with Crippen molar-refractivity contribution < 1.29 is 10.0 Å². The van der Waals surface area contributed by atoms with E-state index in [4.69, 9.17) is 0 Å². The SMILES string of the molecule is CNc1cccc(NC2(CO)CCCC(C)C2)c1[N+](=O)[O-]. The van der Waals surface area contributed by atoms with Crippen molar-refractivity contribution >= 4 is 17.1 Å². The molecule has 0 heterocycles. The number of nitro benzene ring substituents is 1. The molecule has 1 aromatic rings. The molecule has 1 aliphatic carbocycles. The highest BCUT2D eigenvalue weighted by atomic mass is 16.6. The van der Waals surface area contributed by atoms with Gasteiger partial charge in [0.15, 0.2) is 0 Å². The summed E-state index contributed by atoms with van der Waals surface area (Å²) in [4.78, 5) is 11.0. The third kappa shape index (κ3) is 3.26. The quantitative estimate of drug-likeness (QED) is 0.574. The molecule has 6 nitrogen and oxygen atoms in total. The van der Waals surface area contributed by atoms with Gasteiger partial charge in [-0.2, -0.15) is 0 Å². The molecule has 1 aliphatic rings. The second-order valence-corrected chi connectivity index (χ2v) is 5.97. The Labute approximate surface area is 124 Å². The van der Waals surface area contributed by atoms with Crippen molar-refractivity contribution in [1.29, 1.82) is 0 Å². The fourth-order valence-electron chi connectivity index (χ4n) is 3.29. The number of para-hydroxylation sites is 1. The van der Waals surface area contributed by atoms with Gasteiger partial charge in [0.05, 0.1) is 17.1 Å². The lowest BCUT2D eigenvalue weighted by atomic mass is 9.76. The second kappa shape index (κ2) is 6.30. The maximum absolute atomic E-state index is 11.4. The van der Waals surface area contributed by atoms with Crippen LogP contribution in [0.5, 0.6) is 0 Å². The normalized spacial score (nSPS) is 25.4. The van der Waals surface area contributed by atoms with Crippen LogP contribution in [-0.2, 0) is 0 Å². The Balaban J connectivity index is 2.35. The Hall–Kier alpha value is -1.82. The van der Waals surface area contributed by atoms with Crippen molar-refractivity contribution in [3.8, 4) is 0 Å². The average molecular weight is 293 g/mol. The summed E-state index contributed by atoms with van der Waals surface area (Å²) in [5.74, 6) is 0.505. The van der Waals surface area contributed by atoms with Gasteiger partial charge in [-0.05, 0) is 30.9 Å². The number of hydrogen-bond acceptors (Lipinski definition) is 5. The molecule has 2 rings (SSSR count). The molecule has 0 bridgehead atoms. The summed E-state index contributed by atoms with van der Waals surface area (Å²) < 4.78 is 0. The van der Waals surface area contributed by atoms with Crippen LogP contribution in [0.25, 0.3) is 0 Å². The Morgan fingerprint density at radius 1 is 1.48 bits per heavy atom. The standard InChI is InChI=1S/C15H23N3O3/c1-11-5-4-8-15(9-11,10-19)17-13-7-3-6-12(16-2)14(13)18(20)21/h3,6-7,11,16-17,19H,4-5,8-10H2,1-2H3. The van der Waals surface area contributed by atoms with Crippen LogP contribution in [0.1, 0.15) is 32.6 Å². The Bertz CT molecular complexity index is 521. The molecule has 21 heavy (non-hydrogen) atoms. The van der Waals surface area contributed by atoms with E-state index >= 15 is 0 Å². The van der Waals surface area contributed by atoms with Gasteiger partial charge in [0.1, 0.15) is 11.4 Å². The molecule has 2 unspecified atom stereocenters. The molecule has 0 spiro atoms. The Kier molecular flexibility index (Phi) is 4.67. The first-order valence-electron chi connectivity index (χ1n) is 7.35. The molecule has 6 heteroatoms. The van der Waals surface area contributed by atoms with E-state index in [0.717, 1.165) is 25.7 Å². The number of nitro groups is 1. The van der Waals surface area contributed by atoms with Gasteiger partial charge < -0.3 is 15.7 Å². The molecule has 0 radical (unpaired) electrons. The van der Waals surface area contributed by atoms with Crippen LogP contribution in [0.4, 0.5) is 17.1 Å². The van der Waals surface area contributed by atoms with Crippen molar-refractivity contribution in [2.45, 2.75) is 38.1 Å². The molecule has 0 aliphatic heterocycles. The number of benzene rings is 1. The number of hydrogen-bond donors (Lipinski definition) is 3. The number of aliphatic hydroxyl groups excluding tert-OH is 1. The van der Waals surface area contributed by atoms with Crippen LogP contribution >= 0.6 is 0 Å². The van der Waals surface area contributed by atoms with E-state index in [1.165, 1.54) is 0 Å². The van der Waals surface area contributed by atoms with E-state index in [1.54, 1.807) is 25.2 Å². The van der Waals surface area contributed by atoms with Crippen molar-refractivity contribution in [2.75, 3.05) is 24.3 Å². The molecule has 3 N–H and O–H groups in total. The van der Waals surface area contributed by atoms with Crippen LogP contribution in [-0.4, -0.2) is 29.2 Å². The Morgan fingerprint density at radius 3 is 2.76 bits per heavy atom. The zero-order chi connectivity index (χ0) is 15.5. The van der Waals surface area contributed by atoms with Crippen LogP contribution in [0, 0.1) is 16.0 Å². The third-order valence-corrected chi connectivity index (χ3v) is 4.28. The van der Waals surface area contributed by atoms with Crippen LogP contribution < -0.4 is 10.6 Å². The van der Waals surface area contributed by atoms with Crippen LogP contribution in [0.15, 0.2) is 18.2 Å². The predicted molar refractivity (Wildman–Crippen MR) is 83.7 cm³/mol. The highest BCUT2D eigenvalue weighted by Crippen LogP contribution is 2.39. The average Bonchev–Trinajstić information content (AvgIpc) is 2.46. The minimum atomic E-state index is -0.464. The zero-order valence-corrected chi connectivity index (χ0v) is 12.6. The first-order valence-corrected chi connectivity index (χ1v) is 7.35. The van der Waals surface area contributed by atoms with Gasteiger partial charge in [0.25, 0.3) is 0 Å². The Morgan fingerprint density at radius 2 is 2.19 bits per heavy atom. The second-order valence-electron chi connectivity index (χ2n) is 5.97. The fraction of sp³-hybridized carbons (Fsp3) is 0.600. The van der Waals surface area contributed by atoms with Crippen molar-refractivity contribution in [3.05, 3.63) is 28.3 Å². The lowest BCUT2D eigenvalue weighted by molar-refractivity contribution is -0.383. The molecule has 0 aromatic heterocycles. The minimum Gasteiger partial charge on any atom is -0.394 e. The van der Waals surface area contributed by atoms with Crippen molar-refractivity contribution in [2.24, 2.45) is 5.92 Å². The first-order chi connectivity index (χ1) is 10.0. The summed E-state index contributed by atoms with van der Waals surface area (Å²) in [6, 6.07) is 5.16. The summed E-state index contributed by atoms with van der Waals surface area (Å²) in [5.41, 5.74) is 0.511. The number of rotatable bonds is 5. The van der Waals surface area contributed by atoms with Crippen LogP contribution in [0.3, 0.4) is 0 Å². The van der Waals surface area contributed by atoms with E-state index in [0.29, 0.717) is 17.3 Å². The fourth-order valence-corrected chi connectivity index (χ4v) is 3.29. The minimum absolute atomic E-state index is 0.0156. The monoisotopic (exact) mass is 293 g/mol. The lowest BCUT2D eigenvalue weighted by Gasteiger charge is -2.40. The maximum atomic E-state index is 11.4. The molecule has 0 amide bonds. The van der Waals surface area contributed by atoms with Gasteiger partial charge in [-0.25, -0.2) is 0 Å². The first kappa shape index (κ1) is 15.6. The van der Waals surface area contributed by atoms with Gasteiger partial charge in [0.2, 0.25) is 0 Å². The highest BCUT2D eigenvalue weighted by molar-refractivity contribution is 5.76. The molecular weight excluding hydrogens is 270 g/mol. The summed E-state index contributed by atoms with van der Waals surface area (Å²) >= 11 is 0. The van der Waals surface area contributed by atoms with E-state index in [2.05, 4.69) is 17.6 Å². The summed E-state index contributed by atoms with van der Waals surface area (Å²) in [6.45, 7) is 2.14. The third-order valence-electron chi connectivity index (χ3n) is 4.28. The van der Waals surface area contributed by atoms with E-state index in [-0.39, 0.29) is 17.2 Å². The summed E-state index contributed by atoms with van der Waals surface area (Å²) in [7, 11) is 1.66. The number of anilines is 2. The molecule has 0 saturated heterocycles. The molecule has 1 aromatic carbocycles. The molecule has 2 atom stereocenters. The number of nitrogens with one attached hydrogen (secondary N) is 2. The highest BCUT2D eigenvalue weighted by Gasteiger charge is 2.36. The van der Waals surface area contributed by atoms with Crippen LogP contribution in [0.2, 0.25) is 0 Å². The predicted octanol–water partition coefficient (Wildman–Crippen LogP) is 2.99. The molecular formula is C15H23N3O3. The van der Waals surface area contributed by atoms with Gasteiger partial charge >= 0.3 is 5.69 Å². The van der Waals surface area contributed by atoms with Gasteiger partial charge in [-0.1, -0.05) is 25.8 Å². The number of aliphatic hydroxyl groups is 1. The topological polar surface area (TPSA) is 87.4 Å². The van der Waals surface area contributed by atoms with Crippen molar-refractivity contribution in [3.63, 3.8) is 0 Å². The molecule has 1 saturated carbocycles. The number of nitrogens with zero attached hydrogens (tertiary/aromatic N) is 1. The van der Waals surface area contributed by atoms with E-state index in [9.17, 15) is 15.2 Å². The lowest BCUT2D eigenvalue weighted by Crippen LogP contribution is -2.46. The smallest absolute Gasteiger partial charge is 0.315 e.